The van der Waals surface area contributed by atoms with Crippen molar-refractivity contribution in [3.05, 3.63) is 51.9 Å². The van der Waals surface area contributed by atoms with Crippen molar-refractivity contribution < 1.29 is 9.59 Å². The normalized spacial score (nSPS) is 21.0. The summed E-state index contributed by atoms with van der Waals surface area (Å²) >= 11 is 6.44. The highest BCUT2D eigenvalue weighted by atomic mass is 35.5. The van der Waals surface area contributed by atoms with Crippen LogP contribution in [0.1, 0.15) is 32.1 Å². The fourth-order valence-electron chi connectivity index (χ4n) is 5.03. The molecule has 9 nitrogen and oxygen atoms in total. The van der Waals surface area contributed by atoms with Crippen LogP contribution in [0.2, 0.25) is 5.02 Å². The Morgan fingerprint density at radius 1 is 0.970 bits per heavy atom. The van der Waals surface area contributed by atoms with Gasteiger partial charge in [-0.2, -0.15) is 9.78 Å². The molecule has 1 N–H and O–H groups in total. The van der Waals surface area contributed by atoms with Crippen molar-refractivity contribution in [2.45, 2.75) is 37.6 Å². The number of para-hydroxylation sites is 1. The fraction of sp³-hybridized carbons (Fsp3) is 0.478. The first-order chi connectivity index (χ1) is 16.0. The van der Waals surface area contributed by atoms with Gasteiger partial charge in [-0.15, -0.1) is 0 Å². The summed E-state index contributed by atoms with van der Waals surface area (Å²) in [6.45, 7) is 2.79. The molecule has 3 heterocycles. The number of hydrogen-bond acceptors (Lipinski definition) is 6. The standard InChI is InChI=1S/C23H27ClN6O3/c24-19-18(15-25-30(20(19)31)17-7-3-1-4-8-17)28-13-11-27(12-14-28)16-29-21(32)23(26-22(29)33)9-5-2-6-10-23/h1,3-4,7-8,15H,2,5-6,9-14,16H2,(H,26,33). The lowest BCUT2D eigenvalue weighted by atomic mass is 9.82. The number of anilines is 1. The van der Waals surface area contributed by atoms with E-state index in [0.29, 0.717) is 37.6 Å². The lowest BCUT2D eigenvalue weighted by Gasteiger charge is -2.37. The van der Waals surface area contributed by atoms with Crippen molar-refractivity contribution in [1.29, 1.82) is 0 Å². The molecule has 1 saturated carbocycles. The van der Waals surface area contributed by atoms with Crippen molar-refractivity contribution in [3.63, 3.8) is 0 Å². The first-order valence-electron chi connectivity index (χ1n) is 11.4. The topological polar surface area (TPSA) is 90.8 Å². The van der Waals surface area contributed by atoms with Crippen molar-refractivity contribution in [1.82, 2.24) is 24.9 Å². The van der Waals surface area contributed by atoms with Gasteiger partial charge in [0, 0.05) is 26.2 Å². The molecule has 3 aliphatic rings. The Kier molecular flexibility index (Phi) is 5.84. The lowest BCUT2D eigenvalue weighted by molar-refractivity contribution is -0.133. The van der Waals surface area contributed by atoms with Crippen LogP contribution in [0.3, 0.4) is 0 Å². The van der Waals surface area contributed by atoms with E-state index in [1.807, 2.05) is 23.1 Å². The van der Waals surface area contributed by atoms with Gasteiger partial charge in [0.2, 0.25) is 0 Å². The minimum absolute atomic E-state index is 0.0913. The number of carbonyl (C=O) groups excluding carboxylic acids is 2. The summed E-state index contributed by atoms with van der Waals surface area (Å²) in [5, 5.41) is 7.41. The second kappa shape index (κ2) is 8.79. The largest absolute Gasteiger partial charge is 0.366 e. The van der Waals surface area contributed by atoms with Gasteiger partial charge in [-0.05, 0) is 25.0 Å². The number of hydrogen-bond donors (Lipinski definition) is 1. The molecule has 5 rings (SSSR count). The van der Waals surface area contributed by atoms with Gasteiger partial charge in [0.1, 0.15) is 10.6 Å². The first-order valence-corrected chi connectivity index (χ1v) is 11.8. The van der Waals surface area contributed by atoms with Gasteiger partial charge < -0.3 is 10.2 Å². The molecule has 0 radical (unpaired) electrons. The SMILES string of the molecule is O=C1NC2(CCCCC2)C(=O)N1CN1CCN(c2cnn(-c3ccccc3)c(=O)c2Cl)CC1. The molecule has 174 valence electrons. The van der Waals surface area contributed by atoms with Gasteiger partial charge in [-0.1, -0.05) is 49.1 Å². The van der Waals surface area contributed by atoms with E-state index < -0.39 is 5.54 Å². The number of amides is 3. The number of benzene rings is 1. The Bertz CT molecular complexity index is 1110. The van der Waals surface area contributed by atoms with Crippen molar-refractivity contribution in [3.8, 4) is 5.69 Å². The monoisotopic (exact) mass is 470 g/mol. The van der Waals surface area contributed by atoms with Crippen LogP contribution < -0.4 is 15.8 Å². The van der Waals surface area contributed by atoms with Crippen molar-refractivity contribution >= 4 is 29.2 Å². The number of nitrogens with one attached hydrogen (secondary N) is 1. The molecule has 2 saturated heterocycles. The summed E-state index contributed by atoms with van der Waals surface area (Å²) < 4.78 is 1.29. The highest BCUT2D eigenvalue weighted by molar-refractivity contribution is 6.33. The zero-order valence-corrected chi connectivity index (χ0v) is 19.1. The van der Waals surface area contributed by atoms with E-state index in [4.69, 9.17) is 11.6 Å². The minimum Gasteiger partial charge on any atom is -0.366 e. The van der Waals surface area contributed by atoms with Crippen LogP contribution in [0, 0.1) is 0 Å². The summed E-state index contributed by atoms with van der Waals surface area (Å²) in [4.78, 5) is 43.8. The van der Waals surface area contributed by atoms with E-state index in [9.17, 15) is 14.4 Å². The Morgan fingerprint density at radius 3 is 2.36 bits per heavy atom. The quantitative estimate of drug-likeness (QED) is 0.689. The summed E-state index contributed by atoms with van der Waals surface area (Å²) in [6.07, 6.45) is 6.12. The van der Waals surface area contributed by atoms with E-state index in [0.717, 1.165) is 32.1 Å². The van der Waals surface area contributed by atoms with Crippen LogP contribution >= 0.6 is 11.6 Å². The second-order valence-corrected chi connectivity index (χ2v) is 9.33. The highest BCUT2D eigenvalue weighted by Gasteiger charge is 2.51. The summed E-state index contributed by atoms with van der Waals surface area (Å²) in [5.74, 6) is -0.0913. The average molecular weight is 471 g/mol. The van der Waals surface area contributed by atoms with Gasteiger partial charge in [0.25, 0.3) is 11.5 Å². The maximum absolute atomic E-state index is 13.0. The predicted octanol–water partition coefficient (Wildman–Crippen LogP) is 2.22. The van der Waals surface area contributed by atoms with Crippen LogP contribution in [0.25, 0.3) is 5.69 Å². The molecule has 0 unspecified atom stereocenters. The summed E-state index contributed by atoms with van der Waals surface area (Å²) in [5.41, 5.74) is 0.202. The van der Waals surface area contributed by atoms with Crippen LogP contribution in [-0.2, 0) is 4.79 Å². The zero-order chi connectivity index (χ0) is 23.0. The Labute approximate surface area is 196 Å². The predicted molar refractivity (Wildman–Crippen MR) is 125 cm³/mol. The fourth-order valence-corrected chi connectivity index (χ4v) is 5.28. The minimum atomic E-state index is -0.695. The number of nitrogens with zero attached hydrogens (tertiary/aromatic N) is 5. The zero-order valence-electron chi connectivity index (χ0n) is 18.4. The molecule has 1 spiro atoms. The van der Waals surface area contributed by atoms with E-state index in [-0.39, 0.29) is 29.2 Å². The molecule has 0 bridgehead atoms. The molecule has 1 aromatic carbocycles. The third-order valence-electron chi connectivity index (χ3n) is 6.91. The van der Waals surface area contributed by atoms with Crippen LogP contribution in [-0.4, -0.2) is 69.9 Å². The van der Waals surface area contributed by atoms with Crippen molar-refractivity contribution in [2.24, 2.45) is 0 Å². The lowest BCUT2D eigenvalue weighted by Crippen LogP contribution is -2.52. The number of aromatic nitrogens is 2. The van der Waals surface area contributed by atoms with Gasteiger partial charge >= 0.3 is 6.03 Å². The Hall–Kier alpha value is -2.91. The van der Waals surface area contributed by atoms with Gasteiger partial charge in [0.05, 0.1) is 24.2 Å². The van der Waals surface area contributed by atoms with Crippen LogP contribution in [0.4, 0.5) is 10.5 Å². The number of imide groups is 1. The molecule has 3 fully saturated rings. The van der Waals surface area contributed by atoms with E-state index in [1.165, 1.54) is 9.58 Å². The average Bonchev–Trinajstić information content (AvgIpc) is 3.06. The van der Waals surface area contributed by atoms with E-state index >= 15 is 0 Å². The molecular weight excluding hydrogens is 444 g/mol. The Morgan fingerprint density at radius 2 is 1.67 bits per heavy atom. The maximum Gasteiger partial charge on any atom is 0.326 e. The number of rotatable bonds is 4. The van der Waals surface area contributed by atoms with Gasteiger partial charge in [-0.25, -0.2) is 9.69 Å². The molecule has 2 aromatic rings. The number of piperazine rings is 1. The number of urea groups is 1. The molecule has 0 atom stereocenters. The van der Waals surface area contributed by atoms with Crippen LogP contribution in [0.5, 0.6) is 0 Å². The van der Waals surface area contributed by atoms with E-state index in [2.05, 4.69) is 15.3 Å². The summed E-state index contributed by atoms with van der Waals surface area (Å²) in [7, 11) is 0. The van der Waals surface area contributed by atoms with Crippen molar-refractivity contribution in [2.75, 3.05) is 37.7 Å². The number of halogens is 1. The molecule has 1 aromatic heterocycles. The first kappa shape index (κ1) is 21.9. The third-order valence-corrected chi connectivity index (χ3v) is 7.26. The maximum atomic E-state index is 13.0. The molecular formula is C23H27ClN6O3. The molecule has 3 amide bonds. The summed E-state index contributed by atoms with van der Waals surface area (Å²) in [6, 6.07) is 8.87. The molecule has 33 heavy (non-hydrogen) atoms. The smallest absolute Gasteiger partial charge is 0.326 e. The highest BCUT2D eigenvalue weighted by Crippen LogP contribution is 2.34. The van der Waals surface area contributed by atoms with E-state index in [1.54, 1.807) is 18.3 Å². The second-order valence-electron chi connectivity index (χ2n) is 8.95. The molecule has 10 heteroatoms. The molecule has 2 aliphatic heterocycles. The van der Waals surface area contributed by atoms with Gasteiger partial charge in [-0.3, -0.25) is 14.5 Å². The third kappa shape index (κ3) is 4.00. The molecule has 1 aliphatic carbocycles. The Balaban J connectivity index is 1.24. The van der Waals surface area contributed by atoms with Gasteiger partial charge in [0.15, 0.2) is 0 Å². The van der Waals surface area contributed by atoms with Crippen LogP contribution in [0.15, 0.2) is 41.3 Å². The number of carbonyl (C=O) groups is 2.